The molecule has 3 heteroatoms. The normalized spacial score (nSPS) is 12.5. The van der Waals surface area contributed by atoms with Gasteiger partial charge in [0.1, 0.15) is 11.6 Å². The van der Waals surface area contributed by atoms with Gasteiger partial charge in [-0.15, -0.1) is 0 Å². The molecule has 0 fully saturated rings. The Morgan fingerprint density at radius 3 is 2.24 bits per heavy atom. The van der Waals surface area contributed by atoms with Crippen molar-refractivity contribution in [2.45, 2.75) is 32.9 Å². The molecule has 112 valence electrons. The second-order valence-corrected chi connectivity index (χ2v) is 5.48. The van der Waals surface area contributed by atoms with Crippen LogP contribution in [0.5, 0.6) is 5.75 Å². The Labute approximate surface area is 126 Å². The van der Waals surface area contributed by atoms with Gasteiger partial charge in [0.25, 0.3) is 0 Å². The maximum absolute atomic E-state index is 14.2. The van der Waals surface area contributed by atoms with E-state index in [1.165, 1.54) is 0 Å². The first kappa shape index (κ1) is 15.5. The van der Waals surface area contributed by atoms with Crippen LogP contribution in [0.25, 0.3) is 0 Å². The van der Waals surface area contributed by atoms with Gasteiger partial charge in [-0.2, -0.15) is 0 Å². The molecule has 1 unspecified atom stereocenters. The van der Waals surface area contributed by atoms with Crippen molar-refractivity contribution >= 4 is 0 Å². The van der Waals surface area contributed by atoms with Crippen molar-refractivity contribution in [3.05, 3.63) is 65.0 Å². The number of benzene rings is 2. The second-order valence-electron chi connectivity index (χ2n) is 5.48. The van der Waals surface area contributed by atoms with Gasteiger partial charge in [0, 0.05) is 5.56 Å². The molecule has 0 bridgehead atoms. The summed E-state index contributed by atoms with van der Waals surface area (Å²) in [5.41, 5.74) is 2.59. The lowest BCUT2D eigenvalue weighted by molar-refractivity contribution is 0.242. The van der Waals surface area contributed by atoms with Crippen molar-refractivity contribution < 1.29 is 9.13 Å². The van der Waals surface area contributed by atoms with Crippen LogP contribution >= 0.6 is 0 Å². The number of halogens is 1. The molecule has 0 saturated carbocycles. The van der Waals surface area contributed by atoms with E-state index in [-0.39, 0.29) is 18.0 Å². The van der Waals surface area contributed by atoms with Crippen molar-refractivity contribution in [3.63, 3.8) is 0 Å². The predicted octanol–water partition coefficient (Wildman–Crippen LogP) is 4.23. The summed E-state index contributed by atoms with van der Waals surface area (Å²) in [5.74, 6) is 0.643. The third-order valence-electron chi connectivity index (χ3n) is 3.34. The van der Waals surface area contributed by atoms with Crippen LogP contribution in [0.4, 0.5) is 4.39 Å². The van der Waals surface area contributed by atoms with Gasteiger partial charge in [-0.1, -0.05) is 24.3 Å². The van der Waals surface area contributed by atoms with Crippen LogP contribution in [0.1, 0.15) is 36.6 Å². The lowest BCUT2D eigenvalue weighted by atomic mass is 9.97. The monoisotopic (exact) mass is 287 g/mol. The summed E-state index contributed by atoms with van der Waals surface area (Å²) in [5, 5.41) is 3.17. The third-order valence-corrected chi connectivity index (χ3v) is 3.34. The molecule has 0 aliphatic rings. The Morgan fingerprint density at radius 2 is 1.71 bits per heavy atom. The van der Waals surface area contributed by atoms with Gasteiger partial charge in [0.2, 0.25) is 0 Å². The van der Waals surface area contributed by atoms with Crippen molar-refractivity contribution in [3.8, 4) is 5.75 Å². The average Bonchev–Trinajstić information content (AvgIpc) is 2.43. The SMILES string of the molecule is CNC(c1ccc(OC(C)C)cc1)c1ccc(C)cc1F. The highest BCUT2D eigenvalue weighted by Crippen LogP contribution is 2.26. The van der Waals surface area contributed by atoms with Gasteiger partial charge in [0.05, 0.1) is 12.1 Å². The van der Waals surface area contributed by atoms with Crippen molar-refractivity contribution in [1.29, 1.82) is 0 Å². The zero-order valence-corrected chi connectivity index (χ0v) is 13.0. The molecule has 2 nitrogen and oxygen atoms in total. The number of hydrogen-bond acceptors (Lipinski definition) is 2. The Morgan fingerprint density at radius 1 is 1.05 bits per heavy atom. The lowest BCUT2D eigenvalue weighted by Crippen LogP contribution is -2.19. The highest BCUT2D eigenvalue weighted by atomic mass is 19.1. The molecule has 0 aromatic heterocycles. The van der Waals surface area contributed by atoms with Gasteiger partial charge in [0.15, 0.2) is 0 Å². The van der Waals surface area contributed by atoms with E-state index in [0.717, 1.165) is 16.9 Å². The van der Waals surface area contributed by atoms with E-state index in [1.54, 1.807) is 6.07 Å². The molecule has 2 aromatic carbocycles. The van der Waals surface area contributed by atoms with Gasteiger partial charge in [-0.3, -0.25) is 0 Å². The summed E-state index contributed by atoms with van der Waals surface area (Å²) >= 11 is 0. The van der Waals surface area contributed by atoms with Crippen LogP contribution in [0.15, 0.2) is 42.5 Å². The number of aryl methyl sites for hydroxylation is 1. The van der Waals surface area contributed by atoms with E-state index >= 15 is 0 Å². The van der Waals surface area contributed by atoms with E-state index < -0.39 is 0 Å². The Kier molecular flexibility index (Phi) is 4.97. The zero-order valence-electron chi connectivity index (χ0n) is 13.0. The minimum atomic E-state index is -0.183. The highest BCUT2D eigenvalue weighted by molar-refractivity contribution is 5.37. The molecule has 0 spiro atoms. The molecule has 0 radical (unpaired) electrons. The van der Waals surface area contributed by atoms with Gasteiger partial charge >= 0.3 is 0 Å². The number of hydrogen-bond donors (Lipinski definition) is 1. The maximum atomic E-state index is 14.2. The summed E-state index contributed by atoms with van der Waals surface area (Å²) < 4.78 is 19.8. The van der Waals surface area contributed by atoms with Crippen LogP contribution in [-0.2, 0) is 0 Å². The number of nitrogens with one attached hydrogen (secondary N) is 1. The van der Waals surface area contributed by atoms with Crippen LogP contribution in [0.2, 0.25) is 0 Å². The molecule has 1 N–H and O–H groups in total. The molecule has 0 aliphatic heterocycles. The fourth-order valence-electron chi connectivity index (χ4n) is 2.38. The molecule has 2 aromatic rings. The first-order valence-electron chi connectivity index (χ1n) is 7.21. The minimum absolute atomic E-state index is 0.144. The largest absolute Gasteiger partial charge is 0.491 e. The van der Waals surface area contributed by atoms with E-state index in [1.807, 2.05) is 64.2 Å². The number of ether oxygens (including phenoxy) is 1. The van der Waals surface area contributed by atoms with Gasteiger partial charge < -0.3 is 10.1 Å². The first-order chi connectivity index (χ1) is 10.0. The molecule has 0 heterocycles. The van der Waals surface area contributed by atoms with Gasteiger partial charge in [-0.25, -0.2) is 4.39 Å². The van der Waals surface area contributed by atoms with E-state index in [2.05, 4.69) is 5.32 Å². The standard InChI is InChI=1S/C18H22FNO/c1-12(2)21-15-8-6-14(7-9-15)18(20-4)16-10-5-13(3)11-17(16)19/h5-12,18,20H,1-4H3. The Bertz CT molecular complexity index is 593. The summed E-state index contributed by atoms with van der Waals surface area (Å²) in [6.45, 7) is 5.87. The Balaban J connectivity index is 2.28. The topological polar surface area (TPSA) is 21.3 Å². The van der Waals surface area contributed by atoms with Crippen LogP contribution in [0, 0.1) is 12.7 Å². The fourth-order valence-corrected chi connectivity index (χ4v) is 2.38. The molecule has 2 rings (SSSR count). The quantitative estimate of drug-likeness (QED) is 0.888. The molecule has 21 heavy (non-hydrogen) atoms. The molecular weight excluding hydrogens is 265 g/mol. The van der Waals surface area contributed by atoms with Crippen molar-refractivity contribution in [1.82, 2.24) is 5.32 Å². The molecule has 0 amide bonds. The smallest absolute Gasteiger partial charge is 0.128 e. The van der Waals surface area contributed by atoms with Gasteiger partial charge in [-0.05, 0) is 57.1 Å². The average molecular weight is 287 g/mol. The van der Waals surface area contributed by atoms with Crippen molar-refractivity contribution in [2.24, 2.45) is 0 Å². The number of rotatable bonds is 5. The molecule has 1 atom stereocenters. The van der Waals surface area contributed by atoms with E-state index in [0.29, 0.717) is 5.56 Å². The molecule has 0 saturated heterocycles. The van der Waals surface area contributed by atoms with Crippen molar-refractivity contribution in [2.75, 3.05) is 7.05 Å². The summed E-state index contributed by atoms with van der Waals surface area (Å²) in [4.78, 5) is 0. The van der Waals surface area contributed by atoms with Crippen LogP contribution in [0.3, 0.4) is 0 Å². The van der Waals surface area contributed by atoms with E-state index in [9.17, 15) is 4.39 Å². The summed E-state index contributed by atoms with van der Waals surface area (Å²) in [6.07, 6.45) is 0.144. The molecule has 0 aliphatic carbocycles. The first-order valence-corrected chi connectivity index (χ1v) is 7.21. The minimum Gasteiger partial charge on any atom is -0.491 e. The Hall–Kier alpha value is -1.87. The lowest BCUT2D eigenvalue weighted by Gasteiger charge is -2.19. The van der Waals surface area contributed by atoms with Crippen LogP contribution in [-0.4, -0.2) is 13.2 Å². The van der Waals surface area contributed by atoms with E-state index in [4.69, 9.17) is 4.74 Å². The third kappa shape index (κ3) is 3.82. The maximum Gasteiger partial charge on any atom is 0.128 e. The summed E-state index contributed by atoms with van der Waals surface area (Å²) in [6, 6.07) is 13.0. The molecular formula is C18H22FNO. The second kappa shape index (κ2) is 6.72. The zero-order chi connectivity index (χ0) is 15.4. The predicted molar refractivity (Wildman–Crippen MR) is 84.2 cm³/mol. The fraction of sp³-hybridized carbons (Fsp3) is 0.333. The highest BCUT2D eigenvalue weighted by Gasteiger charge is 2.16. The van der Waals surface area contributed by atoms with Crippen LogP contribution < -0.4 is 10.1 Å². The summed E-state index contributed by atoms with van der Waals surface area (Å²) in [7, 11) is 1.84.